The Labute approximate surface area is 133 Å². The molecular weight excluding hydrogens is 294 g/mol. The minimum Gasteiger partial charge on any atom is -0.363 e. The van der Waals surface area contributed by atoms with E-state index in [0.29, 0.717) is 17.2 Å². The van der Waals surface area contributed by atoms with Gasteiger partial charge in [0.1, 0.15) is 11.6 Å². The van der Waals surface area contributed by atoms with Crippen LogP contribution in [-0.4, -0.2) is 35.1 Å². The second kappa shape index (κ2) is 6.27. The largest absolute Gasteiger partial charge is 0.363 e. The van der Waals surface area contributed by atoms with Crippen molar-refractivity contribution >= 4 is 17.5 Å². The topological polar surface area (TPSA) is 84.2 Å². The van der Waals surface area contributed by atoms with Gasteiger partial charge in [-0.15, -0.1) is 0 Å². The summed E-state index contributed by atoms with van der Waals surface area (Å²) in [6.45, 7) is 0. The lowest BCUT2D eigenvalue weighted by Crippen LogP contribution is -2.15. The standard InChI is InChI=1S/C16H15N5O2/c1-21(2)14-5-3-4-13(18-14)19-16(22)12-8-6-11(7-9-12)15-17-10-23-20-15/h3-10H,1-2H3,(H,18,19,22). The highest BCUT2D eigenvalue weighted by Crippen LogP contribution is 2.16. The number of carbonyl (C=O) groups is 1. The second-order valence-corrected chi connectivity index (χ2v) is 5.06. The highest BCUT2D eigenvalue weighted by Gasteiger charge is 2.09. The van der Waals surface area contributed by atoms with Crippen LogP contribution in [0.2, 0.25) is 0 Å². The van der Waals surface area contributed by atoms with Crippen molar-refractivity contribution in [2.75, 3.05) is 24.3 Å². The number of nitrogens with zero attached hydrogens (tertiary/aromatic N) is 4. The number of hydrogen-bond acceptors (Lipinski definition) is 6. The number of aromatic nitrogens is 3. The van der Waals surface area contributed by atoms with E-state index in [-0.39, 0.29) is 5.91 Å². The summed E-state index contributed by atoms with van der Waals surface area (Å²) >= 11 is 0. The average molecular weight is 309 g/mol. The third kappa shape index (κ3) is 3.34. The predicted molar refractivity (Wildman–Crippen MR) is 86.3 cm³/mol. The Morgan fingerprint density at radius 3 is 2.57 bits per heavy atom. The van der Waals surface area contributed by atoms with Gasteiger partial charge in [-0.2, -0.15) is 4.98 Å². The monoisotopic (exact) mass is 309 g/mol. The van der Waals surface area contributed by atoms with Crippen LogP contribution < -0.4 is 10.2 Å². The van der Waals surface area contributed by atoms with E-state index in [2.05, 4.69) is 20.4 Å². The van der Waals surface area contributed by atoms with Crippen LogP contribution in [0.4, 0.5) is 11.6 Å². The van der Waals surface area contributed by atoms with Gasteiger partial charge in [0.05, 0.1) is 0 Å². The minimum absolute atomic E-state index is 0.229. The Morgan fingerprint density at radius 1 is 1.13 bits per heavy atom. The minimum atomic E-state index is -0.229. The summed E-state index contributed by atoms with van der Waals surface area (Å²) in [4.78, 5) is 22.5. The van der Waals surface area contributed by atoms with E-state index in [1.807, 2.05) is 31.1 Å². The highest BCUT2D eigenvalue weighted by atomic mass is 16.5. The van der Waals surface area contributed by atoms with Crippen molar-refractivity contribution in [1.82, 2.24) is 15.1 Å². The fourth-order valence-electron chi connectivity index (χ4n) is 2.00. The molecule has 1 aromatic carbocycles. The molecule has 1 amide bonds. The van der Waals surface area contributed by atoms with E-state index >= 15 is 0 Å². The first kappa shape index (κ1) is 14.7. The smallest absolute Gasteiger partial charge is 0.256 e. The first-order chi connectivity index (χ1) is 11.1. The molecule has 0 bridgehead atoms. The zero-order chi connectivity index (χ0) is 16.2. The van der Waals surface area contributed by atoms with E-state index in [1.165, 1.54) is 6.39 Å². The van der Waals surface area contributed by atoms with Crippen LogP contribution in [0.15, 0.2) is 53.4 Å². The number of pyridine rings is 1. The highest BCUT2D eigenvalue weighted by molar-refractivity contribution is 6.04. The van der Waals surface area contributed by atoms with Crippen molar-refractivity contribution in [1.29, 1.82) is 0 Å². The van der Waals surface area contributed by atoms with Crippen molar-refractivity contribution < 1.29 is 9.32 Å². The Bertz CT molecular complexity index is 798. The first-order valence-corrected chi connectivity index (χ1v) is 6.96. The van der Waals surface area contributed by atoms with Gasteiger partial charge in [-0.1, -0.05) is 23.4 Å². The van der Waals surface area contributed by atoms with Gasteiger partial charge in [-0.25, -0.2) is 4.98 Å². The lowest BCUT2D eigenvalue weighted by atomic mass is 10.1. The predicted octanol–water partition coefficient (Wildman–Crippen LogP) is 2.45. The molecule has 0 aliphatic rings. The molecule has 0 atom stereocenters. The van der Waals surface area contributed by atoms with Crippen LogP contribution in [0.3, 0.4) is 0 Å². The summed E-state index contributed by atoms with van der Waals surface area (Å²) < 4.78 is 4.70. The Hall–Kier alpha value is -3.22. The van der Waals surface area contributed by atoms with E-state index < -0.39 is 0 Å². The molecule has 3 aromatic rings. The molecule has 0 fully saturated rings. The molecule has 0 saturated carbocycles. The zero-order valence-electron chi connectivity index (χ0n) is 12.7. The van der Waals surface area contributed by atoms with Gasteiger partial charge < -0.3 is 14.7 Å². The van der Waals surface area contributed by atoms with Gasteiger partial charge in [0.25, 0.3) is 5.91 Å². The molecule has 2 aromatic heterocycles. The van der Waals surface area contributed by atoms with Gasteiger partial charge in [0, 0.05) is 25.2 Å². The number of anilines is 2. The fraction of sp³-hybridized carbons (Fsp3) is 0.125. The molecule has 116 valence electrons. The van der Waals surface area contributed by atoms with E-state index in [4.69, 9.17) is 4.52 Å². The fourth-order valence-corrected chi connectivity index (χ4v) is 2.00. The molecule has 7 nitrogen and oxygen atoms in total. The molecular formula is C16H15N5O2. The molecule has 1 N–H and O–H groups in total. The van der Waals surface area contributed by atoms with Gasteiger partial charge in [-0.3, -0.25) is 4.79 Å². The summed E-state index contributed by atoms with van der Waals surface area (Å²) in [6.07, 6.45) is 1.26. The van der Waals surface area contributed by atoms with E-state index in [1.54, 1.807) is 30.3 Å². The van der Waals surface area contributed by atoms with Crippen molar-refractivity contribution in [3.05, 3.63) is 54.4 Å². The van der Waals surface area contributed by atoms with Crippen LogP contribution in [0.1, 0.15) is 10.4 Å². The van der Waals surface area contributed by atoms with E-state index in [9.17, 15) is 4.79 Å². The summed E-state index contributed by atoms with van der Waals surface area (Å²) in [7, 11) is 3.79. The number of nitrogens with one attached hydrogen (secondary N) is 1. The van der Waals surface area contributed by atoms with Crippen LogP contribution in [0, 0.1) is 0 Å². The molecule has 0 aliphatic heterocycles. The SMILES string of the molecule is CN(C)c1cccc(NC(=O)c2ccc(-c3ncon3)cc2)n1. The summed E-state index contributed by atoms with van der Waals surface area (Å²) in [5, 5.41) is 6.53. The number of rotatable bonds is 4. The van der Waals surface area contributed by atoms with Gasteiger partial charge in [-0.05, 0) is 24.3 Å². The van der Waals surface area contributed by atoms with Gasteiger partial charge in [0.15, 0.2) is 0 Å². The Morgan fingerprint density at radius 2 is 1.91 bits per heavy atom. The quantitative estimate of drug-likeness (QED) is 0.797. The molecule has 7 heteroatoms. The molecule has 23 heavy (non-hydrogen) atoms. The van der Waals surface area contributed by atoms with Crippen molar-refractivity contribution in [3.8, 4) is 11.4 Å². The number of amides is 1. The maximum Gasteiger partial charge on any atom is 0.256 e. The van der Waals surface area contributed by atoms with Crippen molar-refractivity contribution in [2.45, 2.75) is 0 Å². The maximum absolute atomic E-state index is 12.3. The summed E-state index contributed by atoms with van der Waals surface area (Å²) in [6, 6.07) is 12.4. The van der Waals surface area contributed by atoms with Gasteiger partial charge >= 0.3 is 0 Å². The number of benzene rings is 1. The van der Waals surface area contributed by atoms with Crippen LogP contribution in [0.25, 0.3) is 11.4 Å². The van der Waals surface area contributed by atoms with Crippen LogP contribution in [-0.2, 0) is 0 Å². The molecule has 2 heterocycles. The average Bonchev–Trinajstić information content (AvgIpc) is 3.09. The van der Waals surface area contributed by atoms with Crippen molar-refractivity contribution in [2.24, 2.45) is 0 Å². The Balaban J connectivity index is 1.74. The lowest BCUT2D eigenvalue weighted by molar-refractivity contribution is 0.102. The molecule has 3 rings (SSSR count). The van der Waals surface area contributed by atoms with Gasteiger partial charge in [0.2, 0.25) is 12.2 Å². The molecule has 0 unspecified atom stereocenters. The first-order valence-electron chi connectivity index (χ1n) is 6.96. The number of hydrogen-bond donors (Lipinski definition) is 1. The summed E-state index contributed by atoms with van der Waals surface area (Å²) in [5.41, 5.74) is 1.30. The zero-order valence-corrected chi connectivity index (χ0v) is 12.7. The second-order valence-electron chi connectivity index (χ2n) is 5.06. The third-order valence-corrected chi connectivity index (χ3v) is 3.20. The normalized spacial score (nSPS) is 10.3. The maximum atomic E-state index is 12.3. The van der Waals surface area contributed by atoms with Crippen LogP contribution >= 0.6 is 0 Å². The van der Waals surface area contributed by atoms with Crippen LogP contribution in [0.5, 0.6) is 0 Å². The third-order valence-electron chi connectivity index (χ3n) is 3.20. The Kier molecular flexibility index (Phi) is 4.01. The van der Waals surface area contributed by atoms with E-state index in [0.717, 1.165) is 11.4 Å². The lowest BCUT2D eigenvalue weighted by Gasteiger charge is -2.12. The molecule has 0 spiro atoms. The molecule has 0 aliphatic carbocycles. The number of carbonyl (C=O) groups excluding carboxylic acids is 1. The van der Waals surface area contributed by atoms with Crippen molar-refractivity contribution in [3.63, 3.8) is 0 Å². The molecule has 0 saturated heterocycles. The summed E-state index contributed by atoms with van der Waals surface area (Å²) in [5.74, 6) is 1.53. The molecule has 0 radical (unpaired) electrons.